The molecule has 2 saturated heterocycles. The number of hydrogen-bond acceptors (Lipinski definition) is 2. The maximum atomic E-state index is 12.9. The molecule has 2 atom stereocenters. The molecule has 2 heterocycles. The van der Waals surface area contributed by atoms with Crippen LogP contribution in [-0.4, -0.2) is 36.6 Å². The third-order valence-electron chi connectivity index (χ3n) is 5.83. The van der Waals surface area contributed by atoms with Crippen molar-refractivity contribution in [3.05, 3.63) is 0 Å². The van der Waals surface area contributed by atoms with E-state index in [2.05, 4.69) is 32.6 Å². The number of nitrogens with zero attached hydrogens (tertiary/aromatic N) is 1. The van der Waals surface area contributed by atoms with Gasteiger partial charge in [-0.3, -0.25) is 4.79 Å². The van der Waals surface area contributed by atoms with Crippen molar-refractivity contribution in [1.82, 2.24) is 4.90 Å². The fraction of sp³-hybridized carbons (Fsp3) is 0.950. The van der Waals surface area contributed by atoms with Gasteiger partial charge in [-0.05, 0) is 55.8 Å². The van der Waals surface area contributed by atoms with Crippen molar-refractivity contribution < 1.29 is 9.53 Å². The molecule has 2 unspecified atom stereocenters. The second-order valence-electron chi connectivity index (χ2n) is 8.66. The van der Waals surface area contributed by atoms with Crippen LogP contribution in [0.25, 0.3) is 0 Å². The molecule has 0 radical (unpaired) electrons. The van der Waals surface area contributed by atoms with Crippen molar-refractivity contribution in [2.24, 2.45) is 17.3 Å². The minimum Gasteiger partial charge on any atom is -0.378 e. The SMILES string of the molecule is CC(C)CCC1(CC(=O)N2CCCCC2)CCOC(C(C)C)C1. The Kier molecular flexibility index (Phi) is 6.94. The molecule has 23 heavy (non-hydrogen) atoms. The number of carbonyl (C=O) groups excluding carboxylic acids is 1. The molecule has 0 N–H and O–H groups in total. The second kappa shape index (κ2) is 8.50. The van der Waals surface area contributed by atoms with E-state index < -0.39 is 0 Å². The first-order chi connectivity index (χ1) is 10.9. The minimum absolute atomic E-state index is 0.173. The average Bonchev–Trinajstić information content (AvgIpc) is 2.54. The third kappa shape index (κ3) is 5.48. The number of hydrogen-bond donors (Lipinski definition) is 0. The Bertz CT molecular complexity index is 374. The molecular formula is C20H37NO2. The average molecular weight is 324 g/mol. The van der Waals surface area contributed by atoms with Crippen LogP contribution in [0.4, 0.5) is 0 Å². The van der Waals surface area contributed by atoms with Crippen molar-refractivity contribution in [3.8, 4) is 0 Å². The van der Waals surface area contributed by atoms with Gasteiger partial charge in [0, 0.05) is 26.1 Å². The number of piperidine rings is 1. The highest BCUT2D eigenvalue weighted by Crippen LogP contribution is 2.44. The van der Waals surface area contributed by atoms with Crippen LogP contribution >= 0.6 is 0 Å². The van der Waals surface area contributed by atoms with Crippen LogP contribution in [0, 0.1) is 17.3 Å². The Morgan fingerprint density at radius 3 is 2.48 bits per heavy atom. The molecule has 0 bridgehead atoms. The molecule has 0 aromatic heterocycles. The summed E-state index contributed by atoms with van der Waals surface area (Å²) in [6.07, 6.45) is 9.24. The van der Waals surface area contributed by atoms with Gasteiger partial charge in [0.2, 0.25) is 5.91 Å². The highest BCUT2D eigenvalue weighted by molar-refractivity contribution is 5.77. The Labute approximate surface area is 143 Å². The monoisotopic (exact) mass is 323 g/mol. The Balaban J connectivity index is 2.04. The van der Waals surface area contributed by atoms with E-state index in [1.165, 1.54) is 32.1 Å². The van der Waals surface area contributed by atoms with Gasteiger partial charge in [-0.1, -0.05) is 34.1 Å². The van der Waals surface area contributed by atoms with Crippen molar-refractivity contribution in [2.45, 2.75) is 85.2 Å². The number of amides is 1. The normalized spacial score (nSPS) is 29.3. The summed E-state index contributed by atoms with van der Waals surface area (Å²) < 4.78 is 6.00. The van der Waals surface area contributed by atoms with Crippen LogP contribution in [0.3, 0.4) is 0 Å². The Morgan fingerprint density at radius 1 is 1.17 bits per heavy atom. The quantitative estimate of drug-likeness (QED) is 0.712. The van der Waals surface area contributed by atoms with E-state index in [0.717, 1.165) is 39.0 Å². The van der Waals surface area contributed by atoms with Gasteiger partial charge in [-0.15, -0.1) is 0 Å². The molecule has 1 amide bonds. The second-order valence-corrected chi connectivity index (χ2v) is 8.66. The largest absolute Gasteiger partial charge is 0.378 e. The lowest BCUT2D eigenvalue weighted by Crippen LogP contribution is -2.43. The molecule has 0 aliphatic carbocycles. The van der Waals surface area contributed by atoms with E-state index in [-0.39, 0.29) is 5.41 Å². The number of carbonyl (C=O) groups is 1. The lowest BCUT2D eigenvalue weighted by Gasteiger charge is -2.43. The van der Waals surface area contributed by atoms with Crippen molar-refractivity contribution >= 4 is 5.91 Å². The fourth-order valence-corrected chi connectivity index (χ4v) is 4.09. The first-order valence-corrected chi connectivity index (χ1v) is 9.81. The van der Waals surface area contributed by atoms with Crippen LogP contribution in [0.5, 0.6) is 0 Å². The highest BCUT2D eigenvalue weighted by atomic mass is 16.5. The molecule has 0 spiro atoms. The van der Waals surface area contributed by atoms with Gasteiger partial charge < -0.3 is 9.64 Å². The highest BCUT2D eigenvalue weighted by Gasteiger charge is 2.40. The summed E-state index contributed by atoms with van der Waals surface area (Å²) in [6, 6.07) is 0. The summed E-state index contributed by atoms with van der Waals surface area (Å²) in [5.74, 6) is 1.65. The standard InChI is InChI=1S/C20H37NO2/c1-16(2)8-9-20(10-13-23-18(14-20)17(3)4)15-19(22)21-11-6-5-7-12-21/h16-18H,5-15H2,1-4H3. The lowest BCUT2D eigenvalue weighted by molar-refractivity contribution is -0.139. The molecule has 3 nitrogen and oxygen atoms in total. The summed E-state index contributed by atoms with van der Waals surface area (Å²) in [5.41, 5.74) is 0.173. The van der Waals surface area contributed by atoms with E-state index in [1.807, 2.05) is 0 Å². The molecule has 0 aromatic rings. The van der Waals surface area contributed by atoms with Gasteiger partial charge in [-0.2, -0.15) is 0 Å². The van der Waals surface area contributed by atoms with Gasteiger partial charge in [-0.25, -0.2) is 0 Å². The molecule has 2 aliphatic rings. The molecular weight excluding hydrogens is 286 g/mol. The zero-order valence-electron chi connectivity index (χ0n) is 15.8. The first kappa shape index (κ1) is 18.8. The predicted octanol–water partition coefficient (Wildman–Crippen LogP) is 4.65. The topological polar surface area (TPSA) is 29.5 Å². The van der Waals surface area contributed by atoms with E-state index in [0.29, 0.717) is 23.8 Å². The molecule has 0 saturated carbocycles. The van der Waals surface area contributed by atoms with Gasteiger partial charge in [0.1, 0.15) is 0 Å². The van der Waals surface area contributed by atoms with E-state index in [1.54, 1.807) is 0 Å². The Morgan fingerprint density at radius 2 is 1.87 bits per heavy atom. The summed E-state index contributed by atoms with van der Waals surface area (Å²) >= 11 is 0. The summed E-state index contributed by atoms with van der Waals surface area (Å²) in [6.45, 7) is 11.9. The maximum absolute atomic E-state index is 12.9. The van der Waals surface area contributed by atoms with Crippen molar-refractivity contribution in [3.63, 3.8) is 0 Å². The van der Waals surface area contributed by atoms with E-state index in [4.69, 9.17) is 4.74 Å². The summed E-state index contributed by atoms with van der Waals surface area (Å²) in [7, 11) is 0. The van der Waals surface area contributed by atoms with Crippen LogP contribution in [0.2, 0.25) is 0 Å². The van der Waals surface area contributed by atoms with E-state index >= 15 is 0 Å². The van der Waals surface area contributed by atoms with Crippen LogP contribution < -0.4 is 0 Å². The van der Waals surface area contributed by atoms with Crippen LogP contribution in [0.1, 0.15) is 79.1 Å². The molecule has 2 rings (SSSR count). The number of likely N-dealkylation sites (tertiary alicyclic amines) is 1. The zero-order chi connectivity index (χ0) is 16.9. The predicted molar refractivity (Wildman–Crippen MR) is 95.4 cm³/mol. The molecule has 0 aromatic carbocycles. The summed E-state index contributed by atoms with van der Waals surface area (Å²) in [5, 5.41) is 0. The van der Waals surface area contributed by atoms with E-state index in [9.17, 15) is 4.79 Å². The van der Waals surface area contributed by atoms with Gasteiger partial charge >= 0.3 is 0 Å². The first-order valence-electron chi connectivity index (χ1n) is 9.81. The third-order valence-corrected chi connectivity index (χ3v) is 5.83. The number of rotatable bonds is 6. The molecule has 134 valence electrons. The fourth-order valence-electron chi connectivity index (χ4n) is 4.09. The van der Waals surface area contributed by atoms with Gasteiger partial charge in [0.15, 0.2) is 0 Å². The van der Waals surface area contributed by atoms with Crippen molar-refractivity contribution in [2.75, 3.05) is 19.7 Å². The molecule has 2 fully saturated rings. The Hall–Kier alpha value is -0.570. The zero-order valence-corrected chi connectivity index (χ0v) is 15.8. The number of ether oxygens (including phenoxy) is 1. The lowest BCUT2D eigenvalue weighted by atomic mass is 9.69. The summed E-state index contributed by atoms with van der Waals surface area (Å²) in [4.78, 5) is 15.0. The maximum Gasteiger partial charge on any atom is 0.223 e. The minimum atomic E-state index is 0.173. The smallest absolute Gasteiger partial charge is 0.223 e. The van der Waals surface area contributed by atoms with Crippen LogP contribution in [-0.2, 0) is 9.53 Å². The van der Waals surface area contributed by atoms with Gasteiger partial charge in [0.05, 0.1) is 6.10 Å². The van der Waals surface area contributed by atoms with Gasteiger partial charge in [0.25, 0.3) is 0 Å². The van der Waals surface area contributed by atoms with Crippen molar-refractivity contribution in [1.29, 1.82) is 0 Å². The molecule has 2 aliphatic heterocycles. The molecule has 3 heteroatoms. The van der Waals surface area contributed by atoms with Crippen LogP contribution in [0.15, 0.2) is 0 Å².